The van der Waals surface area contributed by atoms with E-state index in [9.17, 15) is 0 Å². The van der Waals surface area contributed by atoms with Crippen LogP contribution in [0.25, 0.3) is 0 Å². The average Bonchev–Trinajstić information content (AvgIpc) is 0.811. The van der Waals surface area contributed by atoms with E-state index in [1.165, 1.54) is 0 Å². The van der Waals surface area contributed by atoms with Gasteiger partial charge in [-0.2, -0.15) is 0 Å². The Labute approximate surface area is 80.2 Å². The maximum Gasteiger partial charge on any atom is 3.00 e. The molecule has 0 saturated heterocycles. The van der Waals surface area contributed by atoms with Crippen LogP contribution in [0.5, 0.6) is 0 Å². The molecule has 6 heavy (non-hydrogen) atoms. The number of carbonyl (C=O) groups excluding carboxylic acids is 1. The van der Waals surface area contributed by atoms with Gasteiger partial charge in [0, 0.05) is 0 Å². The maximum atomic E-state index is 8.33. The van der Waals surface area contributed by atoms with Crippen LogP contribution in [0.15, 0.2) is 0 Å². The standard InChI is InChI=1S/CH2O3.Au.Ca/c2-1(3)4;;/h(H2,2,3,4);;/q;+3;+2/p-2. The smallest absolute Gasteiger partial charge is 0.652 e. The van der Waals surface area contributed by atoms with E-state index in [1.807, 2.05) is 0 Å². The molecule has 0 unspecified atom stereocenters. The zero-order valence-electron chi connectivity index (χ0n) is 2.73. The Balaban J connectivity index is -0.0000000450. The molecule has 0 heterocycles. The van der Waals surface area contributed by atoms with E-state index >= 15 is 0 Å². The van der Waals surface area contributed by atoms with Crippen molar-refractivity contribution in [3.63, 3.8) is 0 Å². The fraction of sp³-hybridized carbons (Fsp3) is 0. The van der Waals surface area contributed by atoms with Gasteiger partial charge in [-0.1, -0.05) is 0 Å². The van der Waals surface area contributed by atoms with Crippen molar-refractivity contribution in [1.29, 1.82) is 0 Å². The molecule has 0 spiro atoms. The van der Waals surface area contributed by atoms with Gasteiger partial charge in [0.15, 0.2) is 0 Å². The third-order valence-corrected chi connectivity index (χ3v) is 0. The SMILES string of the molecule is O=C([O-])[O-].[Au+3].[Ca+2]. The molecule has 5 heteroatoms. The number of hydrogen-bond donors (Lipinski definition) is 0. The Hall–Kier alpha value is 1.27. The van der Waals surface area contributed by atoms with Gasteiger partial charge in [0.25, 0.3) is 0 Å². The Kier molecular flexibility index (Phi) is 25.0. The summed E-state index contributed by atoms with van der Waals surface area (Å²) in [4.78, 5) is 8.33. The van der Waals surface area contributed by atoms with Crippen LogP contribution in [0.4, 0.5) is 4.79 Å². The van der Waals surface area contributed by atoms with Gasteiger partial charge < -0.3 is 15.0 Å². The van der Waals surface area contributed by atoms with Crippen molar-refractivity contribution >= 4 is 43.9 Å². The average molecular weight is 297 g/mol. The Bertz CT molecular complexity index is 33.8. The van der Waals surface area contributed by atoms with Crippen LogP contribution in [0.3, 0.4) is 0 Å². The molecule has 0 aromatic heterocycles. The minimum absolute atomic E-state index is 0. The molecule has 0 aromatic carbocycles. The van der Waals surface area contributed by atoms with Crippen molar-refractivity contribution in [1.82, 2.24) is 0 Å². The Morgan fingerprint density at radius 2 is 1.33 bits per heavy atom. The molecular weight excluding hydrogens is 297 g/mol. The first-order valence-electron chi connectivity index (χ1n) is 0.612. The fourth-order valence-corrected chi connectivity index (χ4v) is 0. The molecular formula is CAuCaO3+3. The minimum atomic E-state index is -2.33. The third-order valence-electron chi connectivity index (χ3n) is 0. The summed E-state index contributed by atoms with van der Waals surface area (Å²) in [6, 6.07) is 0. The largest absolute Gasteiger partial charge is 3.00 e. The quantitative estimate of drug-likeness (QED) is 0.453. The van der Waals surface area contributed by atoms with E-state index in [0.29, 0.717) is 0 Å². The van der Waals surface area contributed by atoms with E-state index in [2.05, 4.69) is 0 Å². The second-order valence-electron chi connectivity index (χ2n) is 0.250. The second-order valence-corrected chi connectivity index (χ2v) is 0.250. The molecule has 0 rings (SSSR count). The predicted molar refractivity (Wildman–Crippen MR) is 11.1 cm³/mol. The van der Waals surface area contributed by atoms with Gasteiger partial charge in [0.05, 0.1) is 0 Å². The molecule has 32 valence electrons. The third kappa shape index (κ3) is 59.6. The van der Waals surface area contributed by atoms with Crippen molar-refractivity contribution < 1.29 is 37.4 Å². The maximum absolute atomic E-state index is 8.33. The van der Waals surface area contributed by atoms with Crippen molar-refractivity contribution in [3.8, 4) is 0 Å². The summed E-state index contributed by atoms with van der Waals surface area (Å²) in [6.07, 6.45) is -2.33. The molecule has 0 aliphatic carbocycles. The van der Waals surface area contributed by atoms with Gasteiger partial charge in [0.2, 0.25) is 0 Å². The van der Waals surface area contributed by atoms with Crippen LogP contribution in [-0.2, 0) is 22.4 Å². The monoisotopic (exact) mass is 297 g/mol. The van der Waals surface area contributed by atoms with E-state index in [1.54, 1.807) is 0 Å². The van der Waals surface area contributed by atoms with Crippen molar-refractivity contribution in [3.05, 3.63) is 0 Å². The van der Waals surface area contributed by atoms with E-state index < -0.39 is 6.16 Å². The molecule has 0 aromatic rings. The zero-order valence-corrected chi connectivity index (χ0v) is 7.11. The summed E-state index contributed by atoms with van der Waals surface area (Å²) in [5.74, 6) is 0. The van der Waals surface area contributed by atoms with E-state index in [-0.39, 0.29) is 60.1 Å². The summed E-state index contributed by atoms with van der Waals surface area (Å²) in [5, 5.41) is 16.7. The van der Waals surface area contributed by atoms with Gasteiger partial charge in [-0.3, -0.25) is 0 Å². The summed E-state index contributed by atoms with van der Waals surface area (Å²) in [5.41, 5.74) is 0. The molecule has 0 aliphatic rings. The van der Waals surface area contributed by atoms with Gasteiger partial charge in [-0.05, 0) is 6.16 Å². The summed E-state index contributed by atoms with van der Waals surface area (Å²) in [7, 11) is 0. The number of carboxylic acid groups (broad SMARTS) is 2. The minimum Gasteiger partial charge on any atom is -0.652 e. The summed E-state index contributed by atoms with van der Waals surface area (Å²) < 4.78 is 0. The van der Waals surface area contributed by atoms with Crippen molar-refractivity contribution in [2.45, 2.75) is 0 Å². The van der Waals surface area contributed by atoms with E-state index in [4.69, 9.17) is 15.0 Å². The van der Waals surface area contributed by atoms with Crippen LogP contribution < -0.4 is 10.2 Å². The van der Waals surface area contributed by atoms with Crippen LogP contribution in [0, 0.1) is 0 Å². The number of hydrogen-bond acceptors (Lipinski definition) is 3. The molecule has 0 aliphatic heterocycles. The van der Waals surface area contributed by atoms with Crippen LogP contribution in [0.1, 0.15) is 0 Å². The van der Waals surface area contributed by atoms with Crippen LogP contribution >= 0.6 is 0 Å². The number of carbonyl (C=O) groups is 1. The van der Waals surface area contributed by atoms with Crippen molar-refractivity contribution in [2.24, 2.45) is 0 Å². The fourth-order valence-electron chi connectivity index (χ4n) is 0. The van der Waals surface area contributed by atoms with Crippen LogP contribution in [0.2, 0.25) is 0 Å². The number of rotatable bonds is 0. The molecule has 0 radical (unpaired) electrons. The first-order valence-corrected chi connectivity index (χ1v) is 0.612. The molecule has 0 atom stereocenters. The Morgan fingerprint density at radius 1 is 1.33 bits per heavy atom. The first kappa shape index (κ1) is 15.7. The second kappa shape index (κ2) is 9.55. The van der Waals surface area contributed by atoms with Crippen molar-refractivity contribution in [2.75, 3.05) is 0 Å². The molecule has 0 bridgehead atoms. The summed E-state index contributed by atoms with van der Waals surface area (Å²) in [6.45, 7) is 0. The normalized spacial score (nSPS) is 4.00. The predicted octanol–water partition coefficient (Wildman–Crippen LogP) is -2.83. The topological polar surface area (TPSA) is 63.2 Å². The van der Waals surface area contributed by atoms with Gasteiger partial charge >= 0.3 is 60.1 Å². The first-order chi connectivity index (χ1) is 1.73. The molecule has 0 N–H and O–H groups in total. The zero-order chi connectivity index (χ0) is 3.58. The van der Waals surface area contributed by atoms with Crippen LogP contribution in [-0.4, -0.2) is 43.9 Å². The molecule has 3 nitrogen and oxygen atoms in total. The molecule has 0 amide bonds. The van der Waals surface area contributed by atoms with Gasteiger partial charge in [0.1, 0.15) is 0 Å². The Morgan fingerprint density at radius 3 is 1.33 bits per heavy atom. The molecule has 0 saturated carbocycles. The molecule has 0 fully saturated rings. The van der Waals surface area contributed by atoms with Gasteiger partial charge in [-0.25, -0.2) is 0 Å². The van der Waals surface area contributed by atoms with Gasteiger partial charge in [-0.15, -0.1) is 0 Å². The summed E-state index contributed by atoms with van der Waals surface area (Å²) >= 11 is 0. The van der Waals surface area contributed by atoms with E-state index in [0.717, 1.165) is 0 Å².